The molecule has 0 N–H and O–H groups in total. The molecular weight excluding hydrogens is 355 g/mol. The quantitative estimate of drug-likeness (QED) is 0.739. The van der Waals surface area contributed by atoms with E-state index in [9.17, 15) is 22.8 Å². The van der Waals surface area contributed by atoms with Crippen molar-refractivity contribution in [3.05, 3.63) is 17.7 Å². The summed E-state index contributed by atoms with van der Waals surface area (Å²) in [5, 5.41) is 0. The molecular formula is C17H20F3NO5. The highest BCUT2D eigenvalue weighted by atomic mass is 19.4. The van der Waals surface area contributed by atoms with Crippen molar-refractivity contribution in [2.45, 2.75) is 32.4 Å². The molecule has 0 atom stereocenters. The minimum absolute atomic E-state index is 0.0848. The zero-order valence-electron chi connectivity index (χ0n) is 14.5. The Kier molecular flexibility index (Phi) is 6.33. The van der Waals surface area contributed by atoms with Crippen molar-refractivity contribution < 1.29 is 37.0 Å². The van der Waals surface area contributed by atoms with Crippen LogP contribution in [0.4, 0.5) is 18.9 Å². The lowest BCUT2D eigenvalue weighted by molar-refractivity contribution is -0.170. The molecule has 1 aliphatic heterocycles. The van der Waals surface area contributed by atoms with E-state index in [1.165, 1.54) is 12.1 Å². The fourth-order valence-corrected chi connectivity index (χ4v) is 2.49. The van der Waals surface area contributed by atoms with Crippen LogP contribution in [0.1, 0.15) is 36.5 Å². The number of benzene rings is 1. The Morgan fingerprint density at radius 1 is 1.23 bits per heavy atom. The molecule has 0 bridgehead atoms. The second kappa shape index (κ2) is 8.29. The van der Waals surface area contributed by atoms with Crippen LogP contribution < -0.4 is 14.4 Å². The predicted octanol–water partition coefficient (Wildman–Crippen LogP) is 3.33. The maximum absolute atomic E-state index is 13.0. The number of alkyl halides is 3. The number of rotatable bonds is 5. The number of fused-ring (bicyclic) bond motifs is 1. The Bertz CT molecular complexity index is 675. The molecule has 144 valence electrons. The van der Waals surface area contributed by atoms with E-state index < -0.39 is 18.1 Å². The number of unbranched alkanes of at least 4 members (excludes halogenated alkanes) is 1. The van der Waals surface area contributed by atoms with Crippen molar-refractivity contribution in [2.75, 3.05) is 31.8 Å². The van der Waals surface area contributed by atoms with Gasteiger partial charge in [0.1, 0.15) is 5.56 Å². The molecule has 9 heteroatoms. The molecule has 0 fully saturated rings. The van der Waals surface area contributed by atoms with E-state index in [0.29, 0.717) is 24.2 Å². The predicted molar refractivity (Wildman–Crippen MR) is 86.7 cm³/mol. The number of methoxy groups -OCH3 is 1. The number of ether oxygens (including phenoxy) is 3. The molecule has 0 aliphatic carbocycles. The SMILES string of the molecule is CCCCN(C(=O)C(F)(F)F)c1cc2c(c(C(=O)OC)c1)OCCCO2. The molecule has 26 heavy (non-hydrogen) atoms. The Morgan fingerprint density at radius 3 is 2.54 bits per heavy atom. The monoisotopic (exact) mass is 375 g/mol. The Hall–Kier alpha value is -2.45. The van der Waals surface area contributed by atoms with Crippen LogP contribution in [0, 0.1) is 0 Å². The Labute approximate surface area is 148 Å². The minimum Gasteiger partial charge on any atom is -0.489 e. The van der Waals surface area contributed by atoms with Crippen molar-refractivity contribution in [1.29, 1.82) is 0 Å². The summed E-state index contributed by atoms with van der Waals surface area (Å²) in [6.45, 7) is 2.22. The normalized spacial score (nSPS) is 13.7. The number of hydrogen-bond acceptors (Lipinski definition) is 5. The van der Waals surface area contributed by atoms with E-state index in [0.717, 1.165) is 7.11 Å². The first-order valence-corrected chi connectivity index (χ1v) is 8.20. The minimum atomic E-state index is -5.04. The van der Waals surface area contributed by atoms with Crippen LogP contribution in [0.25, 0.3) is 0 Å². The van der Waals surface area contributed by atoms with E-state index in [4.69, 9.17) is 9.47 Å². The summed E-state index contributed by atoms with van der Waals surface area (Å²) in [5.41, 5.74) is -0.177. The van der Waals surface area contributed by atoms with Gasteiger partial charge in [-0.2, -0.15) is 13.2 Å². The van der Waals surface area contributed by atoms with E-state index in [2.05, 4.69) is 4.74 Å². The largest absolute Gasteiger partial charge is 0.489 e. The molecule has 1 heterocycles. The summed E-state index contributed by atoms with van der Waals surface area (Å²) < 4.78 is 54.7. The topological polar surface area (TPSA) is 65.1 Å². The fraction of sp³-hybridized carbons (Fsp3) is 0.529. The number of anilines is 1. The third kappa shape index (κ3) is 4.39. The second-order valence-electron chi connectivity index (χ2n) is 5.67. The van der Waals surface area contributed by atoms with Crippen molar-refractivity contribution in [3.8, 4) is 11.5 Å². The van der Waals surface area contributed by atoms with Crippen molar-refractivity contribution in [1.82, 2.24) is 0 Å². The molecule has 0 aromatic heterocycles. The van der Waals surface area contributed by atoms with E-state index in [-0.39, 0.29) is 42.5 Å². The molecule has 0 spiro atoms. The second-order valence-corrected chi connectivity index (χ2v) is 5.67. The van der Waals surface area contributed by atoms with Gasteiger partial charge >= 0.3 is 18.1 Å². The van der Waals surface area contributed by atoms with Gasteiger partial charge < -0.3 is 19.1 Å². The van der Waals surface area contributed by atoms with Gasteiger partial charge in [-0.15, -0.1) is 0 Å². The van der Waals surface area contributed by atoms with Gasteiger partial charge in [0.2, 0.25) is 0 Å². The molecule has 0 radical (unpaired) electrons. The van der Waals surface area contributed by atoms with Gasteiger partial charge in [0.05, 0.1) is 20.3 Å². The van der Waals surface area contributed by atoms with E-state index in [1.54, 1.807) is 6.92 Å². The van der Waals surface area contributed by atoms with Gasteiger partial charge in [0, 0.05) is 24.7 Å². The van der Waals surface area contributed by atoms with Crippen molar-refractivity contribution in [3.63, 3.8) is 0 Å². The Morgan fingerprint density at radius 2 is 1.92 bits per heavy atom. The van der Waals surface area contributed by atoms with Crippen LogP contribution in [0.15, 0.2) is 12.1 Å². The third-order valence-electron chi connectivity index (χ3n) is 3.77. The average molecular weight is 375 g/mol. The molecule has 0 saturated heterocycles. The molecule has 0 unspecified atom stereocenters. The summed E-state index contributed by atoms with van der Waals surface area (Å²) in [6.07, 6.45) is -3.53. The van der Waals surface area contributed by atoms with Gasteiger partial charge in [-0.3, -0.25) is 4.79 Å². The molecule has 1 aliphatic rings. The summed E-state index contributed by atoms with van der Waals surface area (Å²) >= 11 is 0. The molecule has 0 saturated carbocycles. The molecule has 1 amide bonds. The number of amides is 1. The number of carbonyl (C=O) groups is 2. The summed E-state index contributed by atoms with van der Waals surface area (Å²) in [5.74, 6) is -2.58. The molecule has 6 nitrogen and oxygen atoms in total. The first-order valence-electron chi connectivity index (χ1n) is 8.20. The van der Waals surface area contributed by atoms with Crippen molar-refractivity contribution >= 4 is 17.6 Å². The lowest BCUT2D eigenvalue weighted by Gasteiger charge is -2.25. The summed E-state index contributed by atoms with van der Waals surface area (Å²) in [6, 6.07) is 2.45. The zero-order chi connectivity index (χ0) is 19.3. The lowest BCUT2D eigenvalue weighted by atomic mass is 10.1. The molecule has 1 aromatic rings. The highest BCUT2D eigenvalue weighted by Gasteiger charge is 2.43. The summed E-state index contributed by atoms with van der Waals surface area (Å²) in [7, 11) is 1.15. The highest BCUT2D eigenvalue weighted by Crippen LogP contribution is 2.39. The fourth-order valence-electron chi connectivity index (χ4n) is 2.49. The summed E-state index contributed by atoms with van der Waals surface area (Å²) in [4.78, 5) is 24.5. The van der Waals surface area contributed by atoms with E-state index >= 15 is 0 Å². The van der Waals surface area contributed by atoms with E-state index in [1.807, 2.05) is 0 Å². The number of halogens is 3. The number of hydrogen-bond donors (Lipinski definition) is 0. The first kappa shape index (κ1) is 19.9. The van der Waals surface area contributed by atoms with Gasteiger partial charge in [-0.05, 0) is 12.5 Å². The maximum Gasteiger partial charge on any atom is 0.471 e. The van der Waals surface area contributed by atoms with Gasteiger partial charge in [-0.1, -0.05) is 13.3 Å². The van der Waals surface area contributed by atoms with Gasteiger partial charge in [0.15, 0.2) is 11.5 Å². The van der Waals surface area contributed by atoms with Gasteiger partial charge in [0.25, 0.3) is 0 Å². The standard InChI is InChI=1S/C17H20F3NO5/c1-3-4-6-21(16(23)17(18,19)20)11-9-12(15(22)24-2)14-13(10-11)25-7-5-8-26-14/h9-10H,3-8H2,1-2H3. The van der Waals surface area contributed by atoms with Gasteiger partial charge in [-0.25, -0.2) is 4.79 Å². The van der Waals surface area contributed by atoms with Crippen LogP contribution in [-0.2, 0) is 9.53 Å². The van der Waals surface area contributed by atoms with Crippen LogP contribution in [0.3, 0.4) is 0 Å². The van der Waals surface area contributed by atoms with Crippen LogP contribution in [-0.4, -0.2) is 44.9 Å². The third-order valence-corrected chi connectivity index (χ3v) is 3.77. The smallest absolute Gasteiger partial charge is 0.471 e. The first-order chi connectivity index (χ1) is 12.3. The van der Waals surface area contributed by atoms with Crippen LogP contribution in [0.2, 0.25) is 0 Å². The maximum atomic E-state index is 13.0. The number of carbonyl (C=O) groups excluding carboxylic acids is 2. The van der Waals surface area contributed by atoms with Crippen LogP contribution >= 0.6 is 0 Å². The zero-order valence-corrected chi connectivity index (χ0v) is 14.5. The lowest BCUT2D eigenvalue weighted by Crippen LogP contribution is -2.42. The Balaban J connectivity index is 2.55. The van der Waals surface area contributed by atoms with Crippen molar-refractivity contribution in [2.24, 2.45) is 0 Å². The molecule has 1 aromatic carbocycles. The van der Waals surface area contributed by atoms with Crippen LogP contribution in [0.5, 0.6) is 11.5 Å². The molecule has 2 rings (SSSR count). The average Bonchev–Trinajstić information content (AvgIpc) is 2.85. The number of nitrogens with zero attached hydrogens (tertiary/aromatic N) is 1. The highest BCUT2D eigenvalue weighted by molar-refractivity contribution is 6.00. The number of esters is 1.